The van der Waals surface area contributed by atoms with Gasteiger partial charge in [-0.15, -0.1) is 6.58 Å². The number of fused-ring (bicyclic) bond motifs is 1. The summed E-state index contributed by atoms with van der Waals surface area (Å²) in [5.41, 5.74) is 5.78. The van der Waals surface area contributed by atoms with Gasteiger partial charge in [-0.25, -0.2) is 15.0 Å². The molecule has 4 atom stereocenters. The van der Waals surface area contributed by atoms with Crippen molar-refractivity contribution in [3.8, 4) is 0 Å². The van der Waals surface area contributed by atoms with E-state index in [0.717, 1.165) is 0 Å². The van der Waals surface area contributed by atoms with Gasteiger partial charge in [0.2, 0.25) is 0 Å². The molecule has 0 unspecified atom stereocenters. The van der Waals surface area contributed by atoms with E-state index >= 15 is 0 Å². The lowest BCUT2D eigenvalue weighted by Crippen LogP contribution is -2.47. The van der Waals surface area contributed by atoms with Crippen LogP contribution in [0.2, 0.25) is 0 Å². The molecule has 1 aliphatic heterocycles. The normalized spacial score (nSPS) is 27.7. The van der Waals surface area contributed by atoms with Gasteiger partial charge in [-0.1, -0.05) is 6.08 Å². The first kappa shape index (κ1) is 16.8. The molecular formula is C15H21N5O4. The first-order valence-electron chi connectivity index (χ1n) is 7.56. The molecule has 0 amide bonds. The first-order valence-corrected chi connectivity index (χ1v) is 7.56. The second-order valence-corrected chi connectivity index (χ2v) is 6.21. The van der Waals surface area contributed by atoms with Gasteiger partial charge >= 0.3 is 0 Å². The van der Waals surface area contributed by atoms with Crippen molar-refractivity contribution in [2.24, 2.45) is 0 Å². The predicted molar refractivity (Wildman–Crippen MR) is 85.9 cm³/mol. The van der Waals surface area contributed by atoms with E-state index in [4.69, 9.17) is 15.2 Å². The Morgan fingerprint density at radius 3 is 2.83 bits per heavy atom. The number of ether oxygens (including phenoxy) is 2. The predicted octanol–water partition coefficient (Wildman–Crippen LogP) is 0.00890. The standard InChI is InChI=1S/C15H21N5O4/c1-4-5-23-15(2,3)11-9(21)10(22)14(24-11)20-7-19-8-12(16)17-6-18-13(8)20/h4,6-7,9-11,14,21-22H,1,5H2,2-3H3,(H2,16,17,18)/t9-,10+,11-,14+/m0/s1. The first-order chi connectivity index (χ1) is 11.4. The molecule has 3 heterocycles. The number of nitrogen functional groups attached to an aromatic ring is 1. The number of nitrogens with two attached hydrogens (primary N) is 1. The largest absolute Gasteiger partial charge is 0.387 e. The van der Waals surface area contributed by atoms with Gasteiger partial charge < -0.3 is 25.4 Å². The summed E-state index contributed by atoms with van der Waals surface area (Å²) in [6, 6.07) is 0. The van der Waals surface area contributed by atoms with Crippen molar-refractivity contribution in [3.63, 3.8) is 0 Å². The van der Waals surface area contributed by atoms with Crippen LogP contribution in [0.1, 0.15) is 20.1 Å². The highest BCUT2D eigenvalue weighted by molar-refractivity contribution is 5.81. The van der Waals surface area contributed by atoms with E-state index in [1.54, 1.807) is 19.9 Å². The van der Waals surface area contributed by atoms with Crippen molar-refractivity contribution in [2.45, 2.75) is 44.0 Å². The average molecular weight is 335 g/mol. The highest BCUT2D eigenvalue weighted by atomic mass is 16.6. The smallest absolute Gasteiger partial charge is 0.167 e. The lowest BCUT2D eigenvalue weighted by molar-refractivity contribution is -0.146. The Morgan fingerprint density at radius 2 is 2.12 bits per heavy atom. The Labute approximate surface area is 138 Å². The summed E-state index contributed by atoms with van der Waals surface area (Å²) in [6.45, 7) is 7.48. The quantitative estimate of drug-likeness (QED) is 0.652. The molecule has 0 saturated carbocycles. The number of nitrogens with zero attached hydrogens (tertiary/aromatic N) is 4. The van der Waals surface area contributed by atoms with Crippen LogP contribution in [0.25, 0.3) is 11.2 Å². The van der Waals surface area contributed by atoms with Crippen molar-refractivity contribution in [1.82, 2.24) is 19.5 Å². The van der Waals surface area contributed by atoms with Gasteiger partial charge in [0.1, 0.15) is 30.2 Å². The van der Waals surface area contributed by atoms with Gasteiger partial charge in [0.15, 0.2) is 17.7 Å². The number of aliphatic hydroxyl groups excluding tert-OH is 2. The fraction of sp³-hybridized carbons (Fsp3) is 0.533. The van der Waals surface area contributed by atoms with Crippen LogP contribution in [0, 0.1) is 0 Å². The molecule has 3 rings (SSSR count). The third-order valence-electron chi connectivity index (χ3n) is 4.16. The van der Waals surface area contributed by atoms with Crippen LogP contribution in [-0.4, -0.2) is 60.3 Å². The Morgan fingerprint density at radius 1 is 1.38 bits per heavy atom. The zero-order valence-electron chi connectivity index (χ0n) is 13.5. The molecule has 1 saturated heterocycles. The van der Waals surface area contributed by atoms with Crippen LogP contribution in [0.15, 0.2) is 25.3 Å². The minimum atomic E-state index is -1.17. The fourth-order valence-corrected chi connectivity index (χ4v) is 2.88. The van der Waals surface area contributed by atoms with E-state index < -0.39 is 30.1 Å². The Bertz CT molecular complexity index is 747. The lowest BCUT2D eigenvalue weighted by atomic mass is 9.95. The summed E-state index contributed by atoms with van der Waals surface area (Å²) in [6.07, 6.45) is 0.463. The molecule has 130 valence electrons. The second kappa shape index (κ2) is 6.10. The molecule has 0 spiro atoms. The summed E-state index contributed by atoms with van der Waals surface area (Å²) in [5.74, 6) is 0.234. The van der Waals surface area contributed by atoms with E-state index in [9.17, 15) is 10.2 Å². The van der Waals surface area contributed by atoms with Crippen molar-refractivity contribution in [3.05, 3.63) is 25.3 Å². The van der Waals surface area contributed by atoms with Gasteiger partial charge in [-0.3, -0.25) is 4.57 Å². The molecule has 2 aromatic rings. The zero-order valence-corrected chi connectivity index (χ0v) is 13.5. The van der Waals surface area contributed by atoms with Crippen LogP contribution >= 0.6 is 0 Å². The lowest BCUT2D eigenvalue weighted by Gasteiger charge is -2.32. The van der Waals surface area contributed by atoms with Gasteiger partial charge in [0, 0.05) is 0 Å². The van der Waals surface area contributed by atoms with Crippen molar-refractivity contribution >= 4 is 17.0 Å². The topological polar surface area (TPSA) is 129 Å². The van der Waals surface area contributed by atoms with Gasteiger partial charge in [-0.2, -0.15) is 0 Å². The molecule has 0 aromatic carbocycles. The highest BCUT2D eigenvalue weighted by Crippen LogP contribution is 2.37. The van der Waals surface area contributed by atoms with Gasteiger partial charge in [0.05, 0.1) is 18.5 Å². The Balaban J connectivity index is 1.92. The maximum Gasteiger partial charge on any atom is 0.167 e. The third kappa shape index (κ3) is 2.65. The Kier molecular flexibility index (Phi) is 4.26. The maximum atomic E-state index is 10.4. The third-order valence-corrected chi connectivity index (χ3v) is 4.16. The summed E-state index contributed by atoms with van der Waals surface area (Å²) < 4.78 is 13.1. The molecule has 0 radical (unpaired) electrons. The van der Waals surface area contributed by atoms with Crippen molar-refractivity contribution in [2.75, 3.05) is 12.3 Å². The molecule has 9 nitrogen and oxygen atoms in total. The molecule has 2 aromatic heterocycles. The van der Waals surface area contributed by atoms with Gasteiger partial charge in [-0.05, 0) is 13.8 Å². The SMILES string of the molecule is C=CCOC(C)(C)[C@H]1O[C@@H](n2cnc3c(N)ncnc32)[C@H](O)[C@@H]1O. The van der Waals surface area contributed by atoms with Crippen LogP contribution in [-0.2, 0) is 9.47 Å². The summed E-state index contributed by atoms with van der Waals surface area (Å²) >= 11 is 0. The van der Waals surface area contributed by atoms with Crippen molar-refractivity contribution < 1.29 is 19.7 Å². The number of aliphatic hydroxyl groups is 2. The molecule has 24 heavy (non-hydrogen) atoms. The van der Waals surface area contributed by atoms with E-state index in [1.165, 1.54) is 17.2 Å². The average Bonchev–Trinajstić information content (AvgIpc) is 3.09. The summed E-state index contributed by atoms with van der Waals surface area (Å²) in [7, 11) is 0. The van der Waals surface area contributed by atoms with E-state index in [0.29, 0.717) is 17.8 Å². The Hall–Kier alpha value is -2.07. The molecule has 9 heteroatoms. The van der Waals surface area contributed by atoms with Crippen LogP contribution in [0.4, 0.5) is 5.82 Å². The molecule has 1 aliphatic rings. The highest BCUT2D eigenvalue weighted by Gasteiger charge is 2.51. The number of imidazole rings is 1. The minimum Gasteiger partial charge on any atom is -0.387 e. The van der Waals surface area contributed by atoms with Crippen molar-refractivity contribution in [1.29, 1.82) is 0 Å². The molecular weight excluding hydrogens is 314 g/mol. The minimum absolute atomic E-state index is 0.234. The van der Waals surface area contributed by atoms with Gasteiger partial charge in [0.25, 0.3) is 0 Å². The van der Waals surface area contributed by atoms with E-state index in [2.05, 4.69) is 21.5 Å². The van der Waals surface area contributed by atoms with Crippen LogP contribution < -0.4 is 5.73 Å². The zero-order chi connectivity index (χ0) is 17.5. The number of rotatable bonds is 5. The second-order valence-electron chi connectivity index (χ2n) is 6.21. The molecule has 1 fully saturated rings. The van der Waals surface area contributed by atoms with Crippen LogP contribution in [0.3, 0.4) is 0 Å². The molecule has 4 N–H and O–H groups in total. The summed E-state index contributed by atoms with van der Waals surface area (Å²) in [4.78, 5) is 12.2. The molecule has 0 bridgehead atoms. The monoisotopic (exact) mass is 335 g/mol. The number of hydrogen-bond donors (Lipinski definition) is 3. The van der Waals surface area contributed by atoms with E-state index in [-0.39, 0.29) is 5.82 Å². The maximum absolute atomic E-state index is 10.4. The molecule has 0 aliphatic carbocycles. The van der Waals surface area contributed by atoms with Crippen LogP contribution in [0.5, 0.6) is 0 Å². The number of aromatic nitrogens is 4. The number of anilines is 1. The summed E-state index contributed by atoms with van der Waals surface area (Å²) in [5, 5.41) is 20.9. The number of hydrogen-bond acceptors (Lipinski definition) is 8. The fourth-order valence-electron chi connectivity index (χ4n) is 2.88. The van der Waals surface area contributed by atoms with E-state index in [1.807, 2.05) is 0 Å².